The van der Waals surface area contributed by atoms with Crippen LogP contribution in [0.2, 0.25) is 0 Å². The minimum Gasteiger partial charge on any atom is -0.357 e. The lowest BCUT2D eigenvalue weighted by atomic mass is 10.1. The van der Waals surface area contributed by atoms with E-state index in [1.165, 1.54) is 0 Å². The predicted molar refractivity (Wildman–Crippen MR) is 109 cm³/mol. The molecule has 1 unspecified atom stereocenters. The van der Waals surface area contributed by atoms with Crippen LogP contribution in [-0.2, 0) is 19.5 Å². The van der Waals surface area contributed by atoms with E-state index >= 15 is 0 Å². The van der Waals surface area contributed by atoms with Gasteiger partial charge >= 0.3 is 0 Å². The maximum Gasteiger partial charge on any atom is 0.191 e. The van der Waals surface area contributed by atoms with Crippen LogP contribution in [0.5, 0.6) is 0 Å². The molecule has 136 valence electrons. The first-order chi connectivity index (χ1) is 11.7. The second-order valence-corrected chi connectivity index (χ2v) is 6.10. The van der Waals surface area contributed by atoms with Crippen molar-refractivity contribution in [3.63, 3.8) is 0 Å². The largest absolute Gasteiger partial charge is 0.357 e. The molecular formula is C17H26IN7. The van der Waals surface area contributed by atoms with Crippen LogP contribution >= 0.6 is 24.0 Å². The van der Waals surface area contributed by atoms with Crippen molar-refractivity contribution in [3.8, 4) is 0 Å². The molecule has 1 aliphatic rings. The molecule has 3 heterocycles. The molecular weight excluding hydrogens is 429 g/mol. The first-order valence-corrected chi connectivity index (χ1v) is 8.51. The number of aromatic nitrogens is 4. The molecule has 0 saturated heterocycles. The Hall–Kier alpha value is -1.71. The van der Waals surface area contributed by atoms with E-state index in [9.17, 15) is 0 Å². The van der Waals surface area contributed by atoms with Crippen molar-refractivity contribution < 1.29 is 0 Å². The van der Waals surface area contributed by atoms with Crippen LogP contribution in [-0.4, -0.2) is 38.3 Å². The van der Waals surface area contributed by atoms with Gasteiger partial charge < -0.3 is 10.6 Å². The van der Waals surface area contributed by atoms with E-state index in [0.717, 1.165) is 54.8 Å². The number of hydrogen-bond acceptors (Lipinski definition) is 4. The summed E-state index contributed by atoms with van der Waals surface area (Å²) in [6.07, 6.45) is 3.79. The Labute approximate surface area is 165 Å². The highest BCUT2D eigenvalue weighted by molar-refractivity contribution is 14.0. The van der Waals surface area contributed by atoms with Crippen molar-refractivity contribution in [2.75, 3.05) is 6.54 Å². The minimum atomic E-state index is 0. The van der Waals surface area contributed by atoms with Crippen LogP contribution in [0.25, 0.3) is 0 Å². The number of fused-ring (bicyclic) bond motifs is 1. The molecule has 1 atom stereocenters. The third-order valence-corrected chi connectivity index (χ3v) is 4.15. The summed E-state index contributed by atoms with van der Waals surface area (Å²) < 4.78 is 2.00. The lowest BCUT2D eigenvalue weighted by Crippen LogP contribution is -2.47. The highest BCUT2D eigenvalue weighted by atomic mass is 127. The molecule has 0 bridgehead atoms. The average molecular weight is 455 g/mol. The molecule has 2 aromatic heterocycles. The predicted octanol–water partition coefficient (Wildman–Crippen LogP) is 1.98. The molecule has 0 fully saturated rings. The molecule has 0 aromatic carbocycles. The Kier molecular flexibility index (Phi) is 7.15. The van der Waals surface area contributed by atoms with Crippen molar-refractivity contribution in [1.82, 2.24) is 30.4 Å². The topological polar surface area (TPSA) is 80.0 Å². The van der Waals surface area contributed by atoms with Gasteiger partial charge in [-0.2, -0.15) is 5.10 Å². The van der Waals surface area contributed by atoms with Crippen molar-refractivity contribution in [1.29, 1.82) is 0 Å². The van der Waals surface area contributed by atoms with E-state index in [0.29, 0.717) is 12.6 Å². The zero-order valence-corrected chi connectivity index (χ0v) is 17.3. The van der Waals surface area contributed by atoms with Crippen LogP contribution in [0.15, 0.2) is 23.3 Å². The lowest BCUT2D eigenvalue weighted by molar-refractivity contribution is 0.392. The summed E-state index contributed by atoms with van der Waals surface area (Å²) in [6.45, 7) is 8.30. The van der Waals surface area contributed by atoms with Crippen LogP contribution < -0.4 is 10.6 Å². The lowest BCUT2D eigenvalue weighted by Gasteiger charge is -2.25. The first kappa shape index (κ1) is 19.6. The van der Waals surface area contributed by atoms with Crippen LogP contribution in [0.3, 0.4) is 0 Å². The van der Waals surface area contributed by atoms with Gasteiger partial charge in [-0.1, -0.05) is 6.07 Å². The highest BCUT2D eigenvalue weighted by Crippen LogP contribution is 2.13. The van der Waals surface area contributed by atoms with E-state index in [-0.39, 0.29) is 24.0 Å². The Bertz CT molecular complexity index is 726. The molecule has 0 radical (unpaired) electrons. The first-order valence-electron chi connectivity index (χ1n) is 8.51. The number of rotatable bonds is 4. The van der Waals surface area contributed by atoms with Crippen molar-refractivity contribution in [2.45, 2.75) is 52.7 Å². The highest BCUT2D eigenvalue weighted by Gasteiger charge is 2.21. The number of halogens is 1. The molecule has 8 heteroatoms. The zero-order chi connectivity index (χ0) is 16.9. The summed E-state index contributed by atoms with van der Waals surface area (Å²) in [4.78, 5) is 13.5. The van der Waals surface area contributed by atoms with Crippen LogP contribution in [0, 0.1) is 13.8 Å². The SMILES string of the molecule is CCNC(=NCc1ncccc1C)NC1CCc2nc(C)nn2C1.I. The fourth-order valence-corrected chi connectivity index (χ4v) is 2.90. The van der Waals surface area contributed by atoms with E-state index < -0.39 is 0 Å². The summed E-state index contributed by atoms with van der Waals surface area (Å²) in [6, 6.07) is 4.32. The third kappa shape index (κ3) is 5.13. The number of aliphatic imine (C=N–C) groups is 1. The summed E-state index contributed by atoms with van der Waals surface area (Å²) in [5, 5.41) is 11.3. The smallest absolute Gasteiger partial charge is 0.191 e. The van der Waals surface area contributed by atoms with Gasteiger partial charge in [0, 0.05) is 25.2 Å². The van der Waals surface area contributed by atoms with Gasteiger partial charge in [0.1, 0.15) is 11.6 Å². The summed E-state index contributed by atoms with van der Waals surface area (Å²) in [5.41, 5.74) is 2.17. The van der Waals surface area contributed by atoms with Gasteiger partial charge in [-0.25, -0.2) is 14.7 Å². The fourth-order valence-electron chi connectivity index (χ4n) is 2.90. The second-order valence-electron chi connectivity index (χ2n) is 6.10. The van der Waals surface area contributed by atoms with Gasteiger partial charge in [0.05, 0.1) is 18.8 Å². The van der Waals surface area contributed by atoms with Crippen molar-refractivity contribution in [2.24, 2.45) is 4.99 Å². The van der Waals surface area contributed by atoms with E-state index in [1.807, 2.05) is 23.9 Å². The zero-order valence-electron chi connectivity index (χ0n) is 15.0. The second kappa shape index (κ2) is 9.12. The number of pyridine rings is 1. The molecule has 2 aromatic rings. The summed E-state index contributed by atoms with van der Waals surface area (Å²) in [5.74, 6) is 2.75. The van der Waals surface area contributed by atoms with Crippen molar-refractivity contribution >= 4 is 29.9 Å². The van der Waals surface area contributed by atoms with Gasteiger partial charge in [-0.05, 0) is 38.8 Å². The molecule has 0 saturated carbocycles. The standard InChI is InChI=1S/C17H25N7.HI/c1-4-18-17(20-10-15-12(2)6-5-9-19-15)22-14-7-8-16-21-13(3)23-24(16)11-14;/h5-6,9,14H,4,7-8,10-11H2,1-3H3,(H2,18,20,22);1H. The fraction of sp³-hybridized carbons (Fsp3) is 0.529. The van der Waals surface area contributed by atoms with Crippen LogP contribution in [0.4, 0.5) is 0 Å². The average Bonchev–Trinajstić information content (AvgIpc) is 2.93. The Morgan fingerprint density at radius 2 is 2.24 bits per heavy atom. The molecule has 25 heavy (non-hydrogen) atoms. The quantitative estimate of drug-likeness (QED) is 0.419. The molecule has 3 rings (SSSR count). The summed E-state index contributed by atoms with van der Waals surface area (Å²) in [7, 11) is 0. The molecule has 7 nitrogen and oxygen atoms in total. The van der Waals surface area contributed by atoms with E-state index in [1.54, 1.807) is 0 Å². The molecule has 2 N–H and O–H groups in total. The number of guanidine groups is 1. The molecule has 0 spiro atoms. The monoisotopic (exact) mass is 455 g/mol. The van der Waals surface area contributed by atoms with Gasteiger partial charge in [-0.15, -0.1) is 24.0 Å². The van der Waals surface area contributed by atoms with Gasteiger partial charge in [-0.3, -0.25) is 4.98 Å². The van der Waals surface area contributed by atoms with Crippen LogP contribution in [0.1, 0.15) is 36.3 Å². The maximum atomic E-state index is 4.69. The number of nitrogens with zero attached hydrogens (tertiary/aromatic N) is 5. The van der Waals surface area contributed by atoms with Crippen molar-refractivity contribution in [3.05, 3.63) is 41.2 Å². The number of aryl methyl sites for hydroxylation is 3. The number of nitrogens with one attached hydrogen (secondary N) is 2. The van der Waals surface area contributed by atoms with E-state index in [4.69, 9.17) is 0 Å². The third-order valence-electron chi connectivity index (χ3n) is 4.15. The minimum absolute atomic E-state index is 0. The van der Waals surface area contributed by atoms with Gasteiger partial charge in [0.2, 0.25) is 0 Å². The summed E-state index contributed by atoms with van der Waals surface area (Å²) >= 11 is 0. The van der Waals surface area contributed by atoms with Gasteiger partial charge in [0.15, 0.2) is 5.96 Å². The molecule has 0 aliphatic carbocycles. The van der Waals surface area contributed by atoms with Gasteiger partial charge in [0.25, 0.3) is 0 Å². The Balaban J connectivity index is 0.00000225. The number of hydrogen-bond donors (Lipinski definition) is 2. The Morgan fingerprint density at radius 1 is 1.40 bits per heavy atom. The molecule has 1 aliphatic heterocycles. The maximum absolute atomic E-state index is 4.69. The normalized spacial score (nSPS) is 16.8. The van der Waals surface area contributed by atoms with E-state index in [2.05, 4.69) is 50.6 Å². The Morgan fingerprint density at radius 3 is 3.00 bits per heavy atom. The molecule has 0 amide bonds.